The summed E-state index contributed by atoms with van der Waals surface area (Å²) in [6.45, 7) is 5.75. The van der Waals surface area contributed by atoms with Crippen LogP contribution in [0.2, 0.25) is 5.02 Å². The molecule has 0 saturated carbocycles. The summed E-state index contributed by atoms with van der Waals surface area (Å²) in [6, 6.07) is 0. The molecule has 2 heterocycles. The zero-order valence-corrected chi connectivity index (χ0v) is 17.1. The topological polar surface area (TPSA) is 90.3 Å². The highest BCUT2D eigenvalue weighted by Crippen LogP contribution is 2.34. The average molecular weight is 434 g/mol. The third kappa shape index (κ3) is 4.39. The second kappa shape index (κ2) is 8.78. The third-order valence-corrected chi connectivity index (χ3v) is 5.63. The first-order valence-corrected chi connectivity index (χ1v) is 9.40. The molecule has 0 radical (unpaired) electrons. The summed E-state index contributed by atoms with van der Waals surface area (Å²) in [5.41, 5.74) is 0.105. The Morgan fingerprint density at radius 1 is 1.32 bits per heavy atom. The lowest BCUT2D eigenvalue weighted by Gasteiger charge is -2.08. The maximum atomic E-state index is 12.9. The van der Waals surface area contributed by atoms with Crippen molar-refractivity contribution >= 4 is 45.6 Å². The fourth-order valence-corrected chi connectivity index (χ4v) is 3.85. The zero-order chi connectivity index (χ0) is 21.2. The minimum atomic E-state index is -2.87. The number of esters is 1. The van der Waals surface area contributed by atoms with E-state index in [1.54, 1.807) is 13.8 Å². The summed E-state index contributed by atoms with van der Waals surface area (Å²) in [6.07, 6.45) is -2.87. The molecule has 0 aliphatic carbocycles. The van der Waals surface area contributed by atoms with Gasteiger partial charge in [0.15, 0.2) is 5.78 Å². The quantitative estimate of drug-likeness (QED) is 0.522. The number of ketones is 1. The smallest absolute Gasteiger partial charge is 0.341 e. The van der Waals surface area contributed by atoms with Crippen LogP contribution in [0.4, 0.5) is 13.8 Å². The normalized spacial score (nSPS) is 11.0. The van der Waals surface area contributed by atoms with Crippen molar-refractivity contribution in [3.63, 3.8) is 0 Å². The molecule has 0 atom stereocenters. The van der Waals surface area contributed by atoms with E-state index < -0.39 is 30.5 Å². The van der Waals surface area contributed by atoms with Gasteiger partial charge in [0.25, 0.3) is 6.43 Å². The molecule has 0 aromatic carbocycles. The summed E-state index contributed by atoms with van der Waals surface area (Å²) < 4.78 is 31.8. The van der Waals surface area contributed by atoms with Crippen LogP contribution in [-0.2, 0) is 16.1 Å². The average Bonchev–Trinajstić information content (AvgIpc) is 3.06. The maximum Gasteiger partial charge on any atom is 0.341 e. The fraction of sp³-hybridized carbons (Fsp3) is 0.412. The molecule has 28 heavy (non-hydrogen) atoms. The SMILES string of the molecule is CCOC(=O)c1c(NC(=O)Cn2nc(C(F)F)c(Cl)c2C)sc(C(C)=O)c1C. The number of amides is 1. The van der Waals surface area contributed by atoms with E-state index in [1.807, 2.05) is 0 Å². The number of ether oxygens (including phenoxy) is 1. The van der Waals surface area contributed by atoms with Gasteiger partial charge in [-0.1, -0.05) is 11.6 Å². The van der Waals surface area contributed by atoms with Gasteiger partial charge in [0.2, 0.25) is 5.91 Å². The second-order valence-electron chi connectivity index (χ2n) is 5.83. The number of aromatic nitrogens is 2. The summed E-state index contributed by atoms with van der Waals surface area (Å²) in [5, 5.41) is 6.14. The van der Waals surface area contributed by atoms with Crippen LogP contribution in [0, 0.1) is 13.8 Å². The van der Waals surface area contributed by atoms with Crippen LogP contribution in [0.3, 0.4) is 0 Å². The molecule has 2 aromatic heterocycles. The fourth-order valence-electron chi connectivity index (χ4n) is 2.53. The van der Waals surface area contributed by atoms with E-state index in [0.29, 0.717) is 10.4 Å². The number of alkyl halides is 2. The Morgan fingerprint density at radius 2 is 1.96 bits per heavy atom. The van der Waals surface area contributed by atoms with E-state index in [4.69, 9.17) is 16.3 Å². The maximum absolute atomic E-state index is 12.9. The summed E-state index contributed by atoms with van der Waals surface area (Å²) >= 11 is 6.77. The molecule has 0 unspecified atom stereocenters. The molecular weight excluding hydrogens is 416 g/mol. The Hall–Kier alpha value is -2.33. The van der Waals surface area contributed by atoms with Crippen LogP contribution in [0.25, 0.3) is 0 Å². The summed E-state index contributed by atoms with van der Waals surface area (Å²) in [7, 11) is 0. The molecule has 2 rings (SSSR count). The highest BCUT2D eigenvalue weighted by molar-refractivity contribution is 7.18. The number of carbonyl (C=O) groups excluding carboxylic acids is 3. The molecular formula is C17H18ClF2N3O4S. The largest absolute Gasteiger partial charge is 0.462 e. The number of carbonyl (C=O) groups is 3. The van der Waals surface area contributed by atoms with Crippen molar-refractivity contribution in [2.45, 2.75) is 40.7 Å². The number of thiophene rings is 1. The predicted octanol–water partition coefficient (Wildman–Crippen LogP) is 4.17. The molecule has 0 saturated heterocycles. The van der Waals surface area contributed by atoms with Crippen molar-refractivity contribution in [2.24, 2.45) is 0 Å². The lowest BCUT2D eigenvalue weighted by atomic mass is 10.1. The van der Waals surface area contributed by atoms with E-state index >= 15 is 0 Å². The first-order valence-electron chi connectivity index (χ1n) is 8.20. The van der Waals surface area contributed by atoms with Crippen molar-refractivity contribution in [2.75, 3.05) is 11.9 Å². The number of hydrogen-bond donors (Lipinski definition) is 1. The minimum Gasteiger partial charge on any atom is -0.462 e. The number of halogens is 3. The Kier molecular flexibility index (Phi) is 6.89. The standard InChI is InChI=1S/C17H18ClF2N3O4S/c1-5-27-17(26)11-7(2)14(9(4)24)28-16(11)21-10(25)6-23-8(3)12(18)13(22-23)15(19)20/h15H,5-6H2,1-4H3,(H,21,25). The predicted molar refractivity (Wildman–Crippen MR) is 101 cm³/mol. The lowest BCUT2D eigenvalue weighted by Crippen LogP contribution is -2.21. The highest BCUT2D eigenvalue weighted by atomic mass is 35.5. The monoisotopic (exact) mass is 433 g/mol. The molecule has 0 aliphatic rings. The van der Waals surface area contributed by atoms with Crippen molar-refractivity contribution in [1.82, 2.24) is 9.78 Å². The first-order chi connectivity index (χ1) is 13.1. The van der Waals surface area contributed by atoms with Gasteiger partial charge in [-0.25, -0.2) is 13.6 Å². The van der Waals surface area contributed by atoms with Crippen LogP contribution in [0.1, 0.15) is 57.3 Å². The number of nitrogens with zero attached hydrogens (tertiary/aromatic N) is 2. The Labute approximate surface area is 168 Å². The molecule has 0 spiro atoms. The van der Waals surface area contributed by atoms with Gasteiger partial charge in [-0.05, 0) is 33.3 Å². The van der Waals surface area contributed by atoms with Crippen molar-refractivity contribution in [1.29, 1.82) is 0 Å². The molecule has 152 valence electrons. The highest BCUT2D eigenvalue weighted by Gasteiger charge is 2.26. The molecule has 0 fully saturated rings. The van der Waals surface area contributed by atoms with Gasteiger partial charge >= 0.3 is 5.97 Å². The summed E-state index contributed by atoms with van der Waals surface area (Å²) in [5.74, 6) is -1.55. The molecule has 7 nitrogen and oxygen atoms in total. The Balaban J connectivity index is 2.31. The van der Waals surface area contributed by atoms with Gasteiger partial charge in [0.1, 0.15) is 17.2 Å². The lowest BCUT2D eigenvalue weighted by molar-refractivity contribution is -0.116. The van der Waals surface area contributed by atoms with Gasteiger partial charge < -0.3 is 10.1 Å². The van der Waals surface area contributed by atoms with Crippen LogP contribution in [-0.4, -0.2) is 34.0 Å². The van der Waals surface area contributed by atoms with Crippen LogP contribution >= 0.6 is 22.9 Å². The van der Waals surface area contributed by atoms with Gasteiger partial charge in [0.05, 0.1) is 27.8 Å². The minimum absolute atomic E-state index is 0.0916. The van der Waals surface area contributed by atoms with Gasteiger partial charge in [-0.2, -0.15) is 5.10 Å². The van der Waals surface area contributed by atoms with E-state index in [9.17, 15) is 23.2 Å². The van der Waals surface area contributed by atoms with Crippen LogP contribution in [0.15, 0.2) is 0 Å². The number of Topliss-reactive ketones (excluding diaryl/α,β-unsaturated/α-hetero) is 1. The first kappa shape index (κ1) is 22.0. The Morgan fingerprint density at radius 3 is 2.46 bits per heavy atom. The van der Waals surface area contributed by atoms with Gasteiger partial charge in [-0.3, -0.25) is 14.3 Å². The van der Waals surface area contributed by atoms with E-state index in [1.165, 1.54) is 13.8 Å². The zero-order valence-electron chi connectivity index (χ0n) is 15.6. The van der Waals surface area contributed by atoms with Crippen molar-refractivity contribution in [3.05, 3.63) is 32.4 Å². The third-order valence-electron chi connectivity index (χ3n) is 3.86. The van der Waals surface area contributed by atoms with Gasteiger partial charge in [0, 0.05) is 0 Å². The van der Waals surface area contributed by atoms with E-state index in [2.05, 4.69) is 10.4 Å². The van der Waals surface area contributed by atoms with E-state index in [-0.39, 0.29) is 33.7 Å². The molecule has 11 heteroatoms. The Bertz CT molecular complexity index is 939. The number of nitrogens with one attached hydrogen (secondary N) is 1. The number of anilines is 1. The second-order valence-corrected chi connectivity index (χ2v) is 7.23. The number of hydrogen-bond acceptors (Lipinski definition) is 6. The van der Waals surface area contributed by atoms with Gasteiger partial charge in [-0.15, -0.1) is 11.3 Å². The molecule has 0 bridgehead atoms. The van der Waals surface area contributed by atoms with Crippen LogP contribution in [0.5, 0.6) is 0 Å². The molecule has 2 aromatic rings. The van der Waals surface area contributed by atoms with E-state index in [0.717, 1.165) is 16.0 Å². The molecule has 0 aliphatic heterocycles. The summed E-state index contributed by atoms with van der Waals surface area (Å²) in [4.78, 5) is 36.8. The van der Waals surface area contributed by atoms with Crippen LogP contribution < -0.4 is 5.32 Å². The van der Waals surface area contributed by atoms with Crippen molar-refractivity contribution in [3.8, 4) is 0 Å². The number of rotatable bonds is 7. The van der Waals surface area contributed by atoms with Crippen molar-refractivity contribution < 1.29 is 27.9 Å². The molecule has 1 N–H and O–H groups in total. The molecule has 1 amide bonds.